The average Bonchev–Trinajstić information content (AvgIpc) is 3.32. The first-order chi connectivity index (χ1) is 20.4. The lowest BCUT2D eigenvalue weighted by atomic mass is 9.92. The second kappa shape index (κ2) is 15.2. The number of hydrogen-bond acceptors (Lipinski definition) is 3. The zero-order chi connectivity index (χ0) is 29.9. The van der Waals surface area contributed by atoms with Crippen LogP contribution in [0, 0.1) is 12.8 Å². The zero-order valence-electron chi connectivity index (χ0n) is 25.2. The van der Waals surface area contributed by atoms with Crippen LogP contribution in [-0.2, 0) is 37.5 Å². The number of carbonyl (C=O) groups excluding carboxylic acids is 1. The van der Waals surface area contributed by atoms with Gasteiger partial charge >= 0.3 is 5.97 Å². The Bertz CT molecular complexity index is 1410. The molecule has 1 aromatic heterocycles. The second-order valence-corrected chi connectivity index (χ2v) is 11.3. The van der Waals surface area contributed by atoms with E-state index in [1.165, 1.54) is 11.1 Å². The Morgan fingerprint density at radius 3 is 2.05 bits per heavy atom. The van der Waals surface area contributed by atoms with Crippen LogP contribution in [0.5, 0.6) is 0 Å². The van der Waals surface area contributed by atoms with E-state index >= 15 is 0 Å². The van der Waals surface area contributed by atoms with Crippen LogP contribution in [0.3, 0.4) is 0 Å². The smallest absolute Gasteiger partial charge is 0.303 e. The van der Waals surface area contributed by atoms with E-state index in [9.17, 15) is 9.59 Å². The summed E-state index contributed by atoms with van der Waals surface area (Å²) < 4.78 is 2.06. The lowest BCUT2D eigenvalue weighted by Gasteiger charge is -2.20. The molecule has 220 valence electrons. The normalized spacial score (nSPS) is 11.1. The number of aryl methyl sites for hydroxylation is 4. The predicted molar refractivity (Wildman–Crippen MR) is 171 cm³/mol. The van der Waals surface area contributed by atoms with E-state index in [4.69, 9.17) is 5.11 Å². The van der Waals surface area contributed by atoms with Crippen molar-refractivity contribution in [1.82, 2.24) is 4.57 Å². The summed E-state index contributed by atoms with van der Waals surface area (Å²) in [5, 5.41) is 12.7. The molecule has 0 bridgehead atoms. The fourth-order valence-electron chi connectivity index (χ4n) is 5.73. The van der Waals surface area contributed by atoms with Gasteiger partial charge in [0.05, 0.1) is 0 Å². The van der Waals surface area contributed by atoms with Gasteiger partial charge in [0.2, 0.25) is 0 Å². The minimum absolute atomic E-state index is 0.0136. The molecule has 0 aliphatic rings. The minimum atomic E-state index is -0.793. The Labute approximate surface area is 250 Å². The maximum Gasteiger partial charge on any atom is 0.303 e. The van der Waals surface area contributed by atoms with Gasteiger partial charge in [0.15, 0.2) is 5.78 Å². The molecule has 0 aliphatic heterocycles. The molecule has 5 nitrogen and oxygen atoms in total. The van der Waals surface area contributed by atoms with Crippen molar-refractivity contribution >= 4 is 17.4 Å². The molecule has 0 saturated carbocycles. The lowest BCUT2D eigenvalue weighted by Crippen LogP contribution is -2.17. The van der Waals surface area contributed by atoms with Crippen LogP contribution >= 0.6 is 0 Å². The number of carboxylic acids is 1. The average molecular weight is 565 g/mol. The summed E-state index contributed by atoms with van der Waals surface area (Å²) in [6.07, 6.45) is 6.32. The van der Waals surface area contributed by atoms with Gasteiger partial charge in [-0.2, -0.15) is 0 Å². The largest absolute Gasteiger partial charge is 0.481 e. The van der Waals surface area contributed by atoms with Crippen LogP contribution in [-0.4, -0.2) is 28.0 Å². The first-order valence-electron chi connectivity index (χ1n) is 15.2. The van der Waals surface area contributed by atoms with E-state index in [1.54, 1.807) is 0 Å². The van der Waals surface area contributed by atoms with Gasteiger partial charge in [0.25, 0.3) is 0 Å². The summed E-state index contributed by atoms with van der Waals surface area (Å²) >= 11 is 0. The Kier molecular flexibility index (Phi) is 11.2. The van der Waals surface area contributed by atoms with E-state index in [0.717, 1.165) is 61.3 Å². The molecule has 0 saturated heterocycles. The third-order valence-electron chi connectivity index (χ3n) is 8.31. The summed E-state index contributed by atoms with van der Waals surface area (Å²) in [7, 11) is 1.97. The van der Waals surface area contributed by atoms with Crippen molar-refractivity contribution < 1.29 is 14.7 Å². The van der Waals surface area contributed by atoms with Gasteiger partial charge in [-0.05, 0) is 86.6 Å². The molecule has 2 N–H and O–H groups in total. The molecule has 4 rings (SSSR count). The Hall–Kier alpha value is -4.12. The van der Waals surface area contributed by atoms with Gasteiger partial charge in [-0.3, -0.25) is 9.59 Å². The summed E-state index contributed by atoms with van der Waals surface area (Å²) in [6.45, 7) is 4.98. The minimum Gasteiger partial charge on any atom is -0.481 e. The summed E-state index contributed by atoms with van der Waals surface area (Å²) in [4.78, 5) is 24.7. The molecule has 1 heterocycles. The SMILES string of the molecule is CCc1c(C(=O)c2ccc(C)c(NCC(CCc3ccccc3)CCc3ccccc3)c2)cc(CCCC(=O)O)n1C. The van der Waals surface area contributed by atoms with Gasteiger partial charge in [-0.25, -0.2) is 0 Å². The van der Waals surface area contributed by atoms with E-state index in [1.807, 2.05) is 31.3 Å². The number of hydrogen-bond donors (Lipinski definition) is 2. The van der Waals surface area contributed by atoms with Gasteiger partial charge < -0.3 is 15.0 Å². The van der Waals surface area contributed by atoms with Crippen LogP contribution in [0.4, 0.5) is 5.69 Å². The van der Waals surface area contributed by atoms with Crippen molar-refractivity contribution in [2.45, 2.75) is 65.2 Å². The Morgan fingerprint density at radius 2 is 1.48 bits per heavy atom. The first-order valence-corrected chi connectivity index (χ1v) is 15.2. The van der Waals surface area contributed by atoms with Crippen molar-refractivity contribution in [3.05, 3.63) is 124 Å². The molecule has 0 radical (unpaired) electrons. The number of anilines is 1. The van der Waals surface area contributed by atoms with Crippen molar-refractivity contribution in [3.8, 4) is 0 Å². The molecule has 0 fully saturated rings. The van der Waals surface area contributed by atoms with E-state index in [0.29, 0.717) is 29.9 Å². The molecule has 3 aromatic carbocycles. The highest BCUT2D eigenvalue weighted by Gasteiger charge is 2.20. The molecule has 5 heteroatoms. The Morgan fingerprint density at radius 1 is 0.857 bits per heavy atom. The summed E-state index contributed by atoms with van der Waals surface area (Å²) in [5.41, 5.74) is 8.22. The highest BCUT2D eigenvalue weighted by atomic mass is 16.4. The highest BCUT2D eigenvalue weighted by Crippen LogP contribution is 2.25. The third kappa shape index (κ3) is 8.45. The second-order valence-electron chi connectivity index (χ2n) is 11.3. The maximum atomic E-state index is 13.8. The van der Waals surface area contributed by atoms with Gasteiger partial charge in [0.1, 0.15) is 0 Å². The van der Waals surface area contributed by atoms with E-state index < -0.39 is 5.97 Å². The molecular formula is C37H44N2O3. The number of carboxylic acid groups (broad SMARTS) is 1. The van der Waals surface area contributed by atoms with Gasteiger partial charge in [-0.15, -0.1) is 0 Å². The number of benzene rings is 3. The molecule has 0 spiro atoms. The monoisotopic (exact) mass is 564 g/mol. The topological polar surface area (TPSA) is 71.3 Å². The number of carbonyl (C=O) groups is 2. The molecule has 42 heavy (non-hydrogen) atoms. The maximum absolute atomic E-state index is 13.8. The fourth-order valence-corrected chi connectivity index (χ4v) is 5.73. The number of aromatic nitrogens is 1. The van der Waals surface area contributed by atoms with Gasteiger partial charge in [-0.1, -0.05) is 79.7 Å². The molecule has 0 aliphatic carbocycles. The Balaban J connectivity index is 1.48. The zero-order valence-corrected chi connectivity index (χ0v) is 25.2. The molecule has 4 aromatic rings. The number of nitrogens with one attached hydrogen (secondary N) is 1. The van der Waals surface area contributed by atoms with Crippen LogP contribution in [0.1, 0.15) is 76.6 Å². The molecule has 0 atom stereocenters. The highest BCUT2D eigenvalue weighted by molar-refractivity contribution is 6.10. The predicted octanol–water partition coefficient (Wildman–Crippen LogP) is 7.83. The van der Waals surface area contributed by atoms with E-state index in [2.05, 4.69) is 84.4 Å². The van der Waals surface area contributed by atoms with Crippen molar-refractivity contribution in [3.63, 3.8) is 0 Å². The molecular weight excluding hydrogens is 520 g/mol. The third-order valence-corrected chi connectivity index (χ3v) is 8.31. The van der Waals surface area contributed by atoms with Crippen LogP contribution < -0.4 is 5.32 Å². The van der Waals surface area contributed by atoms with E-state index in [-0.39, 0.29) is 12.2 Å². The number of rotatable bonds is 16. The molecule has 0 amide bonds. The van der Waals surface area contributed by atoms with Crippen LogP contribution in [0.25, 0.3) is 0 Å². The van der Waals surface area contributed by atoms with Gasteiger partial charge in [0, 0.05) is 48.2 Å². The lowest BCUT2D eigenvalue weighted by molar-refractivity contribution is -0.137. The van der Waals surface area contributed by atoms with Crippen LogP contribution in [0.2, 0.25) is 0 Å². The van der Waals surface area contributed by atoms with Crippen molar-refractivity contribution in [1.29, 1.82) is 0 Å². The van der Waals surface area contributed by atoms with Crippen molar-refractivity contribution in [2.24, 2.45) is 13.0 Å². The fraction of sp³-hybridized carbons (Fsp3) is 0.351. The quantitative estimate of drug-likeness (QED) is 0.136. The van der Waals surface area contributed by atoms with Crippen molar-refractivity contribution in [2.75, 3.05) is 11.9 Å². The number of ketones is 1. The number of nitrogens with zero attached hydrogens (tertiary/aromatic N) is 1. The summed E-state index contributed by atoms with van der Waals surface area (Å²) in [5.74, 6) is -0.295. The first kappa shape index (κ1) is 30.8. The van der Waals surface area contributed by atoms with Crippen LogP contribution in [0.15, 0.2) is 84.9 Å². The number of aliphatic carboxylic acids is 1. The standard InChI is InChI=1S/C37H44N2O3/c1-4-35-33(25-32(39(35)3)16-11-17-36(40)41)37(42)31-23-18-27(2)34(24-31)38-26-30(21-19-28-12-7-5-8-13-28)22-20-29-14-9-6-10-15-29/h5-10,12-15,18,23-25,30,38H,4,11,16-17,19-22,26H2,1-3H3,(H,40,41). The summed E-state index contributed by atoms with van der Waals surface area (Å²) in [6, 6.07) is 29.3. The molecule has 0 unspecified atom stereocenters.